The molecule has 4 heteroatoms. The maximum absolute atomic E-state index is 5.89. The van der Waals surface area contributed by atoms with E-state index >= 15 is 0 Å². The van der Waals surface area contributed by atoms with Gasteiger partial charge in [0.25, 0.3) is 0 Å². The molecule has 4 atom stereocenters. The fourth-order valence-electron chi connectivity index (χ4n) is 2.59. The summed E-state index contributed by atoms with van der Waals surface area (Å²) in [5, 5.41) is 0.677. The van der Waals surface area contributed by atoms with Crippen molar-refractivity contribution in [2.24, 2.45) is 0 Å². The number of rotatable bonds is 0. The van der Waals surface area contributed by atoms with Gasteiger partial charge in [-0.2, -0.15) is 0 Å². The Morgan fingerprint density at radius 1 is 1.36 bits per heavy atom. The molecule has 1 spiro atoms. The summed E-state index contributed by atoms with van der Waals surface area (Å²) in [6, 6.07) is 0. The molecule has 3 fully saturated rings. The molecule has 0 unspecified atom stereocenters. The van der Waals surface area contributed by atoms with Crippen molar-refractivity contribution >= 4 is 23.5 Å². The normalized spacial score (nSPS) is 57.0. The van der Waals surface area contributed by atoms with E-state index < -0.39 is 0 Å². The van der Waals surface area contributed by atoms with Crippen molar-refractivity contribution < 1.29 is 9.47 Å². The Morgan fingerprint density at radius 3 is 2.86 bits per heavy atom. The summed E-state index contributed by atoms with van der Waals surface area (Å²) < 4.78 is 11.9. The predicted octanol–water partition coefficient (Wildman–Crippen LogP) is 2.48. The van der Waals surface area contributed by atoms with Crippen LogP contribution in [0, 0.1) is 0 Å². The van der Waals surface area contributed by atoms with Crippen LogP contribution in [0.3, 0.4) is 0 Å². The quantitative estimate of drug-likeness (QED) is 0.638. The van der Waals surface area contributed by atoms with E-state index in [4.69, 9.17) is 9.47 Å². The van der Waals surface area contributed by atoms with Gasteiger partial charge in [-0.25, -0.2) is 0 Å². The summed E-state index contributed by atoms with van der Waals surface area (Å²) in [4.78, 5) is 0.0621. The van der Waals surface area contributed by atoms with E-state index in [0.29, 0.717) is 15.4 Å². The molecule has 3 aliphatic rings. The topological polar surface area (TPSA) is 18.5 Å². The smallest absolute Gasteiger partial charge is 0.124 e. The van der Waals surface area contributed by atoms with Crippen molar-refractivity contribution in [2.45, 2.75) is 47.1 Å². The van der Waals surface area contributed by atoms with E-state index in [9.17, 15) is 0 Å². The standard InChI is InChI=1S/C10H16O2S2/c1-7-10(4-6-11-7)13-8-3-5-12-9(8,2)14-10/h7-8H,3-6H2,1-2H3/t7-,8-,9-,10+/m0/s1. The molecule has 0 bridgehead atoms. The minimum absolute atomic E-state index is 0.0621. The molecule has 0 saturated carbocycles. The summed E-state index contributed by atoms with van der Waals surface area (Å²) in [6.07, 6.45) is 2.77. The number of ether oxygens (including phenoxy) is 2. The Bertz CT molecular complexity index is 261. The summed E-state index contributed by atoms with van der Waals surface area (Å²) in [7, 11) is 0. The molecule has 0 aromatic carbocycles. The zero-order valence-corrected chi connectivity index (χ0v) is 10.2. The first-order chi connectivity index (χ1) is 6.65. The van der Waals surface area contributed by atoms with Crippen LogP contribution in [-0.4, -0.2) is 33.6 Å². The molecule has 3 heterocycles. The van der Waals surface area contributed by atoms with Gasteiger partial charge in [0, 0.05) is 18.5 Å². The molecule has 3 rings (SSSR count). The van der Waals surface area contributed by atoms with Gasteiger partial charge in [0.05, 0.1) is 10.2 Å². The summed E-state index contributed by atoms with van der Waals surface area (Å²) >= 11 is 4.13. The minimum Gasteiger partial charge on any atom is -0.376 e. The summed E-state index contributed by atoms with van der Waals surface area (Å²) in [6.45, 7) is 6.32. The van der Waals surface area contributed by atoms with Crippen molar-refractivity contribution in [1.29, 1.82) is 0 Å². The van der Waals surface area contributed by atoms with Gasteiger partial charge in [-0.05, 0) is 26.7 Å². The third kappa shape index (κ3) is 1.20. The lowest BCUT2D eigenvalue weighted by atomic mass is 10.2. The van der Waals surface area contributed by atoms with E-state index in [0.717, 1.165) is 13.2 Å². The highest BCUT2D eigenvalue weighted by Crippen LogP contribution is 2.66. The van der Waals surface area contributed by atoms with Crippen LogP contribution in [-0.2, 0) is 9.47 Å². The molecule has 14 heavy (non-hydrogen) atoms. The molecule has 0 radical (unpaired) electrons. The number of hydrogen-bond donors (Lipinski definition) is 0. The molecular formula is C10H16O2S2. The molecule has 0 aromatic heterocycles. The second kappa shape index (κ2) is 3.06. The Labute approximate surface area is 93.5 Å². The van der Waals surface area contributed by atoms with Gasteiger partial charge in [-0.3, -0.25) is 0 Å². The van der Waals surface area contributed by atoms with Gasteiger partial charge in [0.2, 0.25) is 0 Å². The molecule has 0 aromatic rings. The zero-order chi connectivity index (χ0) is 9.81. The average molecular weight is 232 g/mol. The first-order valence-electron chi connectivity index (χ1n) is 5.28. The molecule has 0 amide bonds. The van der Waals surface area contributed by atoms with Crippen molar-refractivity contribution in [3.05, 3.63) is 0 Å². The lowest BCUT2D eigenvalue weighted by molar-refractivity contribution is 0.0986. The lowest BCUT2D eigenvalue weighted by Crippen LogP contribution is -2.29. The fraction of sp³-hybridized carbons (Fsp3) is 1.00. The van der Waals surface area contributed by atoms with Crippen molar-refractivity contribution in [3.63, 3.8) is 0 Å². The molecular weight excluding hydrogens is 216 g/mol. The molecule has 0 aliphatic carbocycles. The van der Waals surface area contributed by atoms with Crippen molar-refractivity contribution in [2.75, 3.05) is 13.2 Å². The van der Waals surface area contributed by atoms with Crippen LogP contribution >= 0.6 is 23.5 Å². The van der Waals surface area contributed by atoms with E-state index in [1.165, 1.54) is 12.8 Å². The highest BCUT2D eigenvalue weighted by Gasteiger charge is 2.60. The van der Waals surface area contributed by atoms with Gasteiger partial charge >= 0.3 is 0 Å². The van der Waals surface area contributed by atoms with Crippen LogP contribution in [0.2, 0.25) is 0 Å². The van der Waals surface area contributed by atoms with E-state index in [-0.39, 0.29) is 4.93 Å². The highest BCUT2D eigenvalue weighted by molar-refractivity contribution is 8.22. The number of thioether (sulfide) groups is 2. The first-order valence-corrected chi connectivity index (χ1v) is 6.98. The zero-order valence-electron chi connectivity index (χ0n) is 8.62. The molecule has 2 nitrogen and oxygen atoms in total. The Kier molecular flexibility index (Phi) is 2.15. The van der Waals surface area contributed by atoms with Gasteiger partial charge in [-0.15, -0.1) is 23.5 Å². The minimum atomic E-state index is 0.0621. The SMILES string of the molecule is C[C@@H]1OCC[C@]12S[C@H]1CCO[C@@]1(C)S2. The van der Waals surface area contributed by atoms with Crippen LogP contribution in [0.1, 0.15) is 26.7 Å². The third-order valence-corrected chi connectivity index (χ3v) is 7.79. The van der Waals surface area contributed by atoms with E-state index in [1.807, 2.05) is 11.8 Å². The second-order valence-corrected chi connectivity index (χ2v) is 7.97. The largest absolute Gasteiger partial charge is 0.376 e. The van der Waals surface area contributed by atoms with Crippen LogP contribution in [0.4, 0.5) is 0 Å². The van der Waals surface area contributed by atoms with Gasteiger partial charge < -0.3 is 9.47 Å². The maximum atomic E-state index is 5.89. The molecule has 3 aliphatic heterocycles. The average Bonchev–Trinajstić information content (AvgIpc) is 2.67. The summed E-state index contributed by atoms with van der Waals surface area (Å²) in [5.41, 5.74) is 0. The molecule has 80 valence electrons. The monoisotopic (exact) mass is 232 g/mol. The van der Waals surface area contributed by atoms with Crippen molar-refractivity contribution in [1.82, 2.24) is 0 Å². The van der Waals surface area contributed by atoms with Gasteiger partial charge in [-0.1, -0.05) is 0 Å². The molecule has 3 saturated heterocycles. The van der Waals surface area contributed by atoms with Crippen LogP contribution < -0.4 is 0 Å². The van der Waals surface area contributed by atoms with Crippen LogP contribution in [0.25, 0.3) is 0 Å². The third-order valence-electron chi connectivity index (χ3n) is 3.51. The Morgan fingerprint density at radius 2 is 2.21 bits per heavy atom. The highest BCUT2D eigenvalue weighted by atomic mass is 32.2. The number of hydrogen-bond acceptors (Lipinski definition) is 4. The van der Waals surface area contributed by atoms with E-state index in [1.54, 1.807) is 0 Å². The molecule has 0 N–H and O–H groups in total. The summed E-state index contributed by atoms with van der Waals surface area (Å²) in [5.74, 6) is 0. The maximum Gasteiger partial charge on any atom is 0.124 e. The van der Waals surface area contributed by atoms with Crippen LogP contribution in [0.15, 0.2) is 0 Å². The Hall–Kier alpha value is 0.620. The fourth-order valence-corrected chi connectivity index (χ4v) is 6.85. The van der Waals surface area contributed by atoms with Gasteiger partial charge in [0.1, 0.15) is 4.93 Å². The van der Waals surface area contributed by atoms with Gasteiger partial charge in [0.15, 0.2) is 0 Å². The van der Waals surface area contributed by atoms with Crippen molar-refractivity contribution in [3.8, 4) is 0 Å². The predicted molar refractivity (Wildman–Crippen MR) is 60.7 cm³/mol. The first kappa shape index (κ1) is 9.82. The second-order valence-electron chi connectivity index (χ2n) is 4.44. The Balaban J connectivity index is 1.87. The lowest BCUT2D eigenvalue weighted by Gasteiger charge is -2.28. The van der Waals surface area contributed by atoms with E-state index in [2.05, 4.69) is 25.6 Å². The van der Waals surface area contributed by atoms with Crippen LogP contribution in [0.5, 0.6) is 0 Å². The number of fused-ring (bicyclic) bond motifs is 1.